The lowest BCUT2D eigenvalue weighted by atomic mass is 10.0. The van der Waals surface area contributed by atoms with Crippen molar-refractivity contribution in [2.75, 3.05) is 14.1 Å². The number of pyridine rings is 1. The largest absolute Gasteiger partial charge is 0.478 e. The third-order valence-electron chi connectivity index (χ3n) is 3.45. The van der Waals surface area contributed by atoms with Crippen molar-refractivity contribution < 1.29 is 14.7 Å². The zero-order valence-electron chi connectivity index (χ0n) is 13.0. The maximum Gasteiger partial charge on any atom is 0.337 e. The number of rotatable bonds is 3. The molecule has 1 aromatic carbocycles. The van der Waals surface area contributed by atoms with Crippen molar-refractivity contribution in [1.82, 2.24) is 9.88 Å². The van der Waals surface area contributed by atoms with E-state index in [1.165, 1.54) is 4.90 Å². The van der Waals surface area contributed by atoms with Gasteiger partial charge in [0.1, 0.15) is 0 Å². The van der Waals surface area contributed by atoms with Crippen LogP contribution in [-0.4, -0.2) is 41.0 Å². The van der Waals surface area contributed by atoms with E-state index in [-0.39, 0.29) is 11.5 Å². The number of amides is 1. The molecule has 1 heterocycles. The van der Waals surface area contributed by atoms with Gasteiger partial charge in [-0.05, 0) is 37.6 Å². The van der Waals surface area contributed by atoms with Gasteiger partial charge in [0, 0.05) is 25.2 Å². The number of aromatic nitrogens is 1. The summed E-state index contributed by atoms with van der Waals surface area (Å²) in [5.41, 5.74) is 3.54. The molecule has 0 spiro atoms. The number of nitrogens with zero attached hydrogens (tertiary/aromatic N) is 2. The number of aryl methyl sites for hydroxylation is 2. The SMILES string of the molecule is Cc1cc(-c2ccc(C(=O)N(C)C)cc2)nc(C)c1C(=O)O. The van der Waals surface area contributed by atoms with Crippen LogP contribution in [0.15, 0.2) is 30.3 Å². The second-order valence-corrected chi connectivity index (χ2v) is 5.37. The van der Waals surface area contributed by atoms with E-state index in [9.17, 15) is 14.7 Å². The average Bonchev–Trinajstić information content (AvgIpc) is 2.45. The molecule has 5 nitrogen and oxygen atoms in total. The predicted octanol–water partition coefficient (Wildman–Crippen LogP) is 2.77. The molecule has 0 aliphatic rings. The number of hydrogen-bond acceptors (Lipinski definition) is 3. The first-order valence-electron chi connectivity index (χ1n) is 6.85. The molecule has 0 aliphatic carbocycles. The third kappa shape index (κ3) is 2.98. The van der Waals surface area contributed by atoms with E-state index < -0.39 is 5.97 Å². The number of benzene rings is 1. The lowest BCUT2D eigenvalue weighted by Crippen LogP contribution is -2.21. The lowest BCUT2D eigenvalue weighted by Gasteiger charge is -2.11. The molecule has 5 heteroatoms. The Bertz CT molecular complexity index is 711. The highest BCUT2D eigenvalue weighted by molar-refractivity contribution is 5.94. The van der Waals surface area contributed by atoms with Crippen LogP contribution in [0.1, 0.15) is 32.0 Å². The van der Waals surface area contributed by atoms with Crippen LogP contribution in [0.2, 0.25) is 0 Å². The number of hydrogen-bond donors (Lipinski definition) is 1. The van der Waals surface area contributed by atoms with Crippen molar-refractivity contribution in [3.63, 3.8) is 0 Å². The van der Waals surface area contributed by atoms with Gasteiger partial charge in [0.2, 0.25) is 0 Å². The minimum absolute atomic E-state index is 0.0619. The first-order valence-corrected chi connectivity index (χ1v) is 6.85. The fraction of sp³-hybridized carbons (Fsp3) is 0.235. The summed E-state index contributed by atoms with van der Waals surface area (Å²) in [6.45, 7) is 3.44. The summed E-state index contributed by atoms with van der Waals surface area (Å²) >= 11 is 0. The highest BCUT2D eigenvalue weighted by Crippen LogP contribution is 2.23. The van der Waals surface area contributed by atoms with E-state index >= 15 is 0 Å². The van der Waals surface area contributed by atoms with Gasteiger partial charge in [-0.15, -0.1) is 0 Å². The van der Waals surface area contributed by atoms with E-state index in [4.69, 9.17) is 0 Å². The molecule has 114 valence electrons. The third-order valence-corrected chi connectivity index (χ3v) is 3.45. The number of carbonyl (C=O) groups is 2. The van der Waals surface area contributed by atoms with Gasteiger partial charge in [-0.3, -0.25) is 9.78 Å². The fourth-order valence-corrected chi connectivity index (χ4v) is 2.34. The van der Waals surface area contributed by atoms with E-state index in [1.807, 2.05) is 12.1 Å². The van der Waals surface area contributed by atoms with Crippen molar-refractivity contribution >= 4 is 11.9 Å². The van der Waals surface area contributed by atoms with Crippen LogP contribution in [0.5, 0.6) is 0 Å². The summed E-state index contributed by atoms with van der Waals surface area (Å²) in [6, 6.07) is 8.88. The Balaban J connectivity index is 2.41. The summed E-state index contributed by atoms with van der Waals surface area (Å²) in [5.74, 6) is -1.03. The highest BCUT2D eigenvalue weighted by Gasteiger charge is 2.14. The van der Waals surface area contributed by atoms with Crippen LogP contribution in [0.3, 0.4) is 0 Å². The van der Waals surface area contributed by atoms with E-state index in [0.29, 0.717) is 22.5 Å². The van der Waals surface area contributed by atoms with E-state index in [2.05, 4.69) is 4.98 Å². The van der Waals surface area contributed by atoms with Crippen LogP contribution in [-0.2, 0) is 0 Å². The van der Waals surface area contributed by atoms with Gasteiger partial charge < -0.3 is 10.0 Å². The van der Waals surface area contributed by atoms with Crippen molar-refractivity contribution in [3.8, 4) is 11.3 Å². The normalized spacial score (nSPS) is 10.4. The molecule has 1 amide bonds. The topological polar surface area (TPSA) is 70.5 Å². The molecule has 0 saturated carbocycles. The standard InChI is InChI=1S/C17H18N2O3/c1-10-9-14(18-11(2)15(10)17(21)22)12-5-7-13(8-6-12)16(20)19(3)4/h5-9H,1-4H3,(H,21,22). The van der Waals surface area contributed by atoms with E-state index in [0.717, 1.165) is 5.56 Å². The molecule has 0 unspecified atom stereocenters. The number of carbonyl (C=O) groups excluding carboxylic acids is 1. The molecule has 0 atom stereocenters. The molecular weight excluding hydrogens is 280 g/mol. The summed E-state index contributed by atoms with van der Waals surface area (Å²) in [7, 11) is 3.41. The van der Waals surface area contributed by atoms with Gasteiger partial charge >= 0.3 is 5.97 Å². The maximum absolute atomic E-state index is 11.9. The lowest BCUT2D eigenvalue weighted by molar-refractivity contribution is 0.0694. The smallest absolute Gasteiger partial charge is 0.337 e. The Labute approximate surface area is 129 Å². The molecule has 0 saturated heterocycles. The Morgan fingerprint density at radius 3 is 2.14 bits per heavy atom. The molecule has 22 heavy (non-hydrogen) atoms. The van der Waals surface area contributed by atoms with Gasteiger partial charge in [-0.1, -0.05) is 12.1 Å². The van der Waals surface area contributed by atoms with Crippen molar-refractivity contribution in [2.24, 2.45) is 0 Å². The molecule has 1 N–H and O–H groups in total. The van der Waals surface area contributed by atoms with Crippen LogP contribution >= 0.6 is 0 Å². The van der Waals surface area contributed by atoms with Crippen molar-refractivity contribution in [1.29, 1.82) is 0 Å². The summed E-state index contributed by atoms with van der Waals surface area (Å²) < 4.78 is 0. The molecule has 2 aromatic rings. The van der Waals surface area contributed by atoms with Crippen molar-refractivity contribution in [3.05, 3.63) is 52.7 Å². The Kier molecular flexibility index (Phi) is 4.26. The van der Waals surface area contributed by atoms with Crippen LogP contribution in [0, 0.1) is 13.8 Å². The Hall–Kier alpha value is -2.69. The van der Waals surface area contributed by atoms with Crippen LogP contribution < -0.4 is 0 Å². The fourth-order valence-electron chi connectivity index (χ4n) is 2.34. The first-order chi connectivity index (χ1) is 10.3. The minimum atomic E-state index is -0.971. The molecule has 0 aliphatic heterocycles. The first kappa shape index (κ1) is 15.7. The van der Waals surface area contributed by atoms with Gasteiger partial charge in [0.25, 0.3) is 5.91 Å². The Morgan fingerprint density at radius 2 is 1.68 bits per heavy atom. The summed E-state index contributed by atoms with van der Waals surface area (Å²) in [5, 5.41) is 9.18. The van der Waals surface area contributed by atoms with Crippen LogP contribution in [0.4, 0.5) is 0 Å². The second-order valence-electron chi connectivity index (χ2n) is 5.37. The zero-order chi connectivity index (χ0) is 16.4. The molecular formula is C17H18N2O3. The second kappa shape index (κ2) is 5.97. The molecule has 1 aromatic heterocycles. The average molecular weight is 298 g/mol. The van der Waals surface area contributed by atoms with Gasteiger partial charge in [-0.25, -0.2) is 4.79 Å². The predicted molar refractivity (Wildman–Crippen MR) is 84.1 cm³/mol. The number of aromatic carboxylic acids is 1. The Morgan fingerprint density at radius 1 is 1.09 bits per heavy atom. The van der Waals surface area contributed by atoms with Crippen LogP contribution in [0.25, 0.3) is 11.3 Å². The number of carboxylic acids is 1. The van der Waals surface area contributed by atoms with Gasteiger partial charge in [-0.2, -0.15) is 0 Å². The quantitative estimate of drug-likeness (QED) is 0.946. The number of carboxylic acid groups (broad SMARTS) is 1. The maximum atomic E-state index is 11.9. The molecule has 0 bridgehead atoms. The monoisotopic (exact) mass is 298 g/mol. The summed E-state index contributed by atoms with van der Waals surface area (Å²) in [4.78, 5) is 28.9. The molecule has 0 radical (unpaired) electrons. The molecule has 0 fully saturated rings. The van der Waals surface area contributed by atoms with E-state index in [1.54, 1.807) is 46.1 Å². The van der Waals surface area contributed by atoms with Crippen molar-refractivity contribution in [2.45, 2.75) is 13.8 Å². The summed E-state index contributed by atoms with van der Waals surface area (Å²) in [6.07, 6.45) is 0. The highest BCUT2D eigenvalue weighted by atomic mass is 16.4. The van der Waals surface area contributed by atoms with Gasteiger partial charge in [0.05, 0.1) is 17.0 Å². The zero-order valence-corrected chi connectivity index (χ0v) is 13.0. The van der Waals surface area contributed by atoms with Gasteiger partial charge in [0.15, 0.2) is 0 Å². The molecule has 2 rings (SSSR count). The minimum Gasteiger partial charge on any atom is -0.478 e.